The molecule has 0 bridgehead atoms. The number of hydrogen-bond acceptors (Lipinski definition) is 1. The highest BCUT2D eigenvalue weighted by Crippen LogP contribution is 2.67. The minimum absolute atomic E-state index is 0.0479. The summed E-state index contributed by atoms with van der Waals surface area (Å²) in [7, 11) is 0. The maximum absolute atomic E-state index is 13.2. The Morgan fingerprint density at radius 3 is 2.42 bits per heavy atom. The van der Waals surface area contributed by atoms with E-state index in [9.17, 15) is 13.2 Å². The molecule has 4 aliphatic rings. The highest BCUT2D eigenvalue weighted by atomic mass is 19.4. The fraction of sp³-hybridized carbons (Fsp3) is 0.773. The van der Waals surface area contributed by atoms with E-state index < -0.39 is 12.1 Å². The number of hydrogen-bond donors (Lipinski definition) is 0. The van der Waals surface area contributed by atoms with Gasteiger partial charge in [0.1, 0.15) is 0 Å². The van der Waals surface area contributed by atoms with Gasteiger partial charge in [-0.1, -0.05) is 31.1 Å². The van der Waals surface area contributed by atoms with Crippen LogP contribution in [0.25, 0.3) is 0 Å². The third-order valence-electron chi connectivity index (χ3n) is 8.62. The molecular weight excluding hydrogens is 335 g/mol. The molecule has 26 heavy (non-hydrogen) atoms. The summed E-state index contributed by atoms with van der Waals surface area (Å²) < 4.78 is 39.7. The van der Waals surface area contributed by atoms with Gasteiger partial charge in [0.25, 0.3) is 0 Å². The van der Waals surface area contributed by atoms with E-state index in [0.29, 0.717) is 24.2 Å². The number of nitrogens with zero attached hydrogens (tertiary/aromatic N) is 1. The molecule has 6 atom stereocenters. The summed E-state index contributed by atoms with van der Waals surface area (Å²) in [6, 6.07) is 2.23. The van der Waals surface area contributed by atoms with Crippen LogP contribution in [0, 0.1) is 45.8 Å². The zero-order valence-electron chi connectivity index (χ0n) is 15.7. The summed E-state index contributed by atoms with van der Waals surface area (Å²) in [5.74, 6) is 0.464. The van der Waals surface area contributed by atoms with E-state index in [-0.39, 0.29) is 17.3 Å². The van der Waals surface area contributed by atoms with E-state index in [4.69, 9.17) is 5.26 Å². The Hall–Kier alpha value is -1.24. The molecule has 4 rings (SSSR count). The minimum Gasteiger partial charge on any atom is -0.193 e. The summed E-state index contributed by atoms with van der Waals surface area (Å²) in [4.78, 5) is 0. The summed E-state index contributed by atoms with van der Waals surface area (Å²) in [5, 5.41) is 9.12. The van der Waals surface area contributed by atoms with Crippen molar-refractivity contribution in [2.45, 2.75) is 71.4 Å². The predicted molar refractivity (Wildman–Crippen MR) is 94.9 cm³/mol. The second-order valence-corrected chi connectivity index (χ2v) is 9.51. The molecule has 1 nitrogen and oxygen atoms in total. The average molecular weight is 363 g/mol. The first-order valence-electron chi connectivity index (χ1n) is 10.1. The van der Waals surface area contributed by atoms with Crippen LogP contribution < -0.4 is 0 Å². The first-order valence-corrected chi connectivity index (χ1v) is 10.1. The van der Waals surface area contributed by atoms with Crippen LogP contribution in [0.5, 0.6) is 0 Å². The number of fused-ring (bicyclic) bond motifs is 5. The zero-order valence-corrected chi connectivity index (χ0v) is 15.7. The van der Waals surface area contributed by atoms with Crippen LogP contribution in [-0.4, -0.2) is 6.18 Å². The normalized spacial score (nSPS) is 46.8. The lowest BCUT2D eigenvalue weighted by Gasteiger charge is -2.58. The molecule has 3 fully saturated rings. The second-order valence-electron chi connectivity index (χ2n) is 9.51. The van der Waals surface area contributed by atoms with Gasteiger partial charge in [-0.3, -0.25) is 0 Å². The maximum Gasteiger partial charge on any atom is 0.395 e. The van der Waals surface area contributed by atoms with Gasteiger partial charge in [-0.25, -0.2) is 0 Å². The molecule has 0 aromatic heterocycles. The van der Waals surface area contributed by atoms with Gasteiger partial charge in [-0.05, 0) is 80.0 Å². The van der Waals surface area contributed by atoms with Gasteiger partial charge < -0.3 is 0 Å². The van der Waals surface area contributed by atoms with E-state index in [1.165, 1.54) is 5.57 Å². The van der Waals surface area contributed by atoms with Crippen molar-refractivity contribution >= 4 is 0 Å². The molecule has 4 aliphatic carbocycles. The van der Waals surface area contributed by atoms with Crippen molar-refractivity contribution < 1.29 is 13.2 Å². The van der Waals surface area contributed by atoms with E-state index in [0.717, 1.165) is 44.1 Å². The number of halogens is 3. The highest BCUT2D eigenvalue weighted by Gasteiger charge is 2.58. The van der Waals surface area contributed by atoms with Gasteiger partial charge in [0, 0.05) is 6.08 Å². The lowest BCUT2D eigenvalue weighted by molar-refractivity contribution is -0.168. The van der Waals surface area contributed by atoms with E-state index in [1.54, 1.807) is 12.2 Å². The van der Waals surface area contributed by atoms with Gasteiger partial charge >= 0.3 is 6.18 Å². The van der Waals surface area contributed by atoms with Crippen LogP contribution in [-0.2, 0) is 0 Å². The predicted octanol–water partition coefficient (Wildman–Crippen LogP) is 6.58. The molecule has 0 spiro atoms. The average Bonchev–Trinajstić information content (AvgIpc) is 2.90. The van der Waals surface area contributed by atoms with Crippen LogP contribution in [0.3, 0.4) is 0 Å². The molecule has 0 aliphatic heterocycles. The molecule has 0 aromatic carbocycles. The van der Waals surface area contributed by atoms with E-state index in [2.05, 4.69) is 19.9 Å². The molecule has 0 radical (unpaired) electrons. The summed E-state index contributed by atoms with van der Waals surface area (Å²) in [6.07, 6.45) is 6.36. The molecule has 0 saturated heterocycles. The van der Waals surface area contributed by atoms with Gasteiger partial charge in [0.05, 0.1) is 12.0 Å². The Labute approximate surface area is 154 Å². The van der Waals surface area contributed by atoms with Crippen molar-refractivity contribution in [2.24, 2.45) is 34.5 Å². The molecular formula is C22H28F3N. The lowest BCUT2D eigenvalue weighted by Crippen LogP contribution is -2.50. The van der Waals surface area contributed by atoms with Crippen molar-refractivity contribution in [2.75, 3.05) is 0 Å². The van der Waals surface area contributed by atoms with Crippen LogP contribution in [0.15, 0.2) is 23.3 Å². The number of nitriles is 1. The van der Waals surface area contributed by atoms with Gasteiger partial charge in [-0.15, -0.1) is 0 Å². The Bertz CT molecular complexity index is 697. The van der Waals surface area contributed by atoms with Crippen molar-refractivity contribution in [3.63, 3.8) is 0 Å². The Morgan fingerprint density at radius 1 is 1.04 bits per heavy atom. The number of rotatable bonds is 0. The molecule has 0 heterocycles. The van der Waals surface area contributed by atoms with Gasteiger partial charge in [0.15, 0.2) is 0 Å². The minimum atomic E-state index is -4.10. The largest absolute Gasteiger partial charge is 0.395 e. The molecule has 0 amide bonds. The number of allylic oxidation sites excluding steroid dienone is 4. The molecule has 4 unspecified atom stereocenters. The van der Waals surface area contributed by atoms with Crippen molar-refractivity contribution in [1.29, 1.82) is 5.26 Å². The van der Waals surface area contributed by atoms with Crippen LogP contribution >= 0.6 is 0 Å². The van der Waals surface area contributed by atoms with Crippen molar-refractivity contribution in [3.8, 4) is 6.07 Å². The third-order valence-corrected chi connectivity index (χ3v) is 8.62. The van der Waals surface area contributed by atoms with Gasteiger partial charge in [0.2, 0.25) is 0 Å². The molecule has 3 saturated carbocycles. The number of alkyl halides is 3. The first kappa shape index (κ1) is 18.1. The van der Waals surface area contributed by atoms with Crippen LogP contribution in [0.1, 0.15) is 65.2 Å². The molecule has 0 aromatic rings. The monoisotopic (exact) mass is 363 g/mol. The van der Waals surface area contributed by atoms with Crippen LogP contribution in [0.2, 0.25) is 0 Å². The van der Waals surface area contributed by atoms with E-state index >= 15 is 0 Å². The van der Waals surface area contributed by atoms with Gasteiger partial charge in [-0.2, -0.15) is 18.4 Å². The molecule has 0 N–H and O–H groups in total. The first-order chi connectivity index (χ1) is 12.2. The summed E-state index contributed by atoms with van der Waals surface area (Å²) in [6.45, 7) is 4.57. The van der Waals surface area contributed by atoms with Crippen LogP contribution in [0.4, 0.5) is 13.2 Å². The zero-order chi connectivity index (χ0) is 18.7. The van der Waals surface area contributed by atoms with Crippen molar-refractivity contribution in [1.82, 2.24) is 0 Å². The SMILES string of the molecule is CC12CC[C@H](C(F)(F)F)C=C1CCC1C2CC[C@]2(C)/C(=C\C#N)CCC12. The van der Waals surface area contributed by atoms with E-state index in [1.807, 2.05) is 0 Å². The fourth-order valence-corrected chi connectivity index (χ4v) is 7.15. The summed E-state index contributed by atoms with van der Waals surface area (Å²) in [5.41, 5.74) is 2.49. The molecule has 142 valence electrons. The third kappa shape index (κ3) is 2.49. The quantitative estimate of drug-likeness (QED) is 0.352. The second kappa shape index (κ2) is 5.88. The lowest BCUT2D eigenvalue weighted by atomic mass is 9.47. The smallest absolute Gasteiger partial charge is 0.193 e. The summed E-state index contributed by atoms with van der Waals surface area (Å²) >= 11 is 0. The standard InChI is InChI=1S/C22H28F3N/c1-20-11-8-19-17(18(20)6-4-14(20)9-12-26)5-3-15-13-16(22(23,24)25)7-10-21(15,19)2/h9,13,16-19H,3-8,10-11H2,1-2H3/b14-9-/t16-,17?,18?,19?,20+,21?/m0/s1. The Kier molecular flexibility index (Phi) is 4.10. The highest BCUT2D eigenvalue weighted by molar-refractivity contribution is 5.31. The van der Waals surface area contributed by atoms with Crippen molar-refractivity contribution in [3.05, 3.63) is 23.3 Å². The maximum atomic E-state index is 13.2. The fourth-order valence-electron chi connectivity index (χ4n) is 7.15. The molecule has 4 heteroatoms. The Balaban J connectivity index is 1.64. The Morgan fingerprint density at radius 2 is 1.73 bits per heavy atom. The topological polar surface area (TPSA) is 23.8 Å².